The van der Waals surface area contributed by atoms with Crippen LogP contribution in [-0.4, -0.2) is 53.1 Å². The number of hydrogen-bond acceptors (Lipinski definition) is 6. The fourth-order valence-corrected chi connectivity index (χ4v) is 1.40. The van der Waals surface area contributed by atoms with Gasteiger partial charge in [-0.25, -0.2) is 0 Å². The zero-order chi connectivity index (χ0) is 16.8. The number of carboxylic acids is 2. The third-order valence-electron chi connectivity index (χ3n) is 2.07. The van der Waals surface area contributed by atoms with Crippen molar-refractivity contribution in [3.63, 3.8) is 0 Å². The molecule has 1 atom stereocenters. The second kappa shape index (κ2) is 18.4. The van der Waals surface area contributed by atoms with Crippen molar-refractivity contribution in [2.24, 2.45) is 0 Å². The summed E-state index contributed by atoms with van der Waals surface area (Å²) in [5.74, 6) is -2.60. The highest BCUT2D eigenvalue weighted by Crippen LogP contribution is 2.09. The van der Waals surface area contributed by atoms with Crippen LogP contribution in [-0.2, 0) is 28.7 Å². The summed E-state index contributed by atoms with van der Waals surface area (Å²) in [4.78, 5) is 40.6. The number of carboxylic acid groups (broad SMARTS) is 2. The van der Waals surface area contributed by atoms with Gasteiger partial charge in [-0.2, -0.15) is 0 Å². The second-order valence-corrected chi connectivity index (χ2v) is 4.85. The lowest BCUT2D eigenvalue weighted by molar-refractivity contribution is -0.142. The first-order valence-corrected chi connectivity index (χ1v) is 6.88. The van der Waals surface area contributed by atoms with Gasteiger partial charge in [0.1, 0.15) is 4.83 Å². The molecule has 0 amide bonds. The molecule has 0 rings (SSSR count). The van der Waals surface area contributed by atoms with Gasteiger partial charge in [-0.3, -0.25) is 19.2 Å². The molecular weight excluding hydrogens is 376 g/mol. The molecule has 0 saturated heterocycles. The molecule has 0 fully saturated rings. The average Bonchev–Trinajstić information content (AvgIpc) is 2.43. The number of aliphatic carboxylic acids is 2. The predicted octanol–water partition coefficient (Wildman–Crippen LogP) is 2.47. The van der Waals surface area contributed by atoms with E-state index in [2.05, 4.69) is 25.4 Å². The summed E-state index contributed by atoms with van der Waals surface area (Å²) in [6, 6.07) is 0. The first-order chi connectivity index (χ1) is 9.74. The minimum Gasteiger partial charge on any atom is -0.481 e. The van der Waals surface area contributed by atoms with Crippen molar-refractivity contribution in [3.8, 4) is 0 Å². The SMILES string of the molecule is C.C.COC(=O)CCC(Br)C(=O)OC.O=C(O)CCCC(=O)O. The quantitative estimate of drug-likeness (QED) is 0.467. The van der Waals surface area contributed by atoms with Crippen molar-refractivity contribution in [2.75, 3.05) is 14.2 Å². The summed E-state index contributed by atoms with van der Waals surface area (Å²) < 4.78 is 8.84. The number of ether oxygens (including phenoxy) is 2. The molecule has 9 heteroatoms. The van der Waals surface area contributed by atoms with E-state index >= 15 is 0 Å². The molecule has 0 aromatic heterocycles. The highest BCUT2D eigenvalue weighted by molar-refractivity contribution is 9.10. The number of carbonyl (C=O) groups excluding carboxylic acids is 2. The smallest absolute Gasteiger partial charge is 0.319 e. The number of alkyl halides is 1. The molecule has 0 bridgehead atoms. The van der Waals surface area contributed by atoms with E-state index in [1.165, 1.54) is 14.2 Å². The van der Waals surface area contributed by atoms with E-state index in [0.29, 0.717) is 6.42 Å². The van der Waals surface area contributed by atoms with Gasteiger partial charge in [0.15, 0.2) is 0 Å². The van der Waals surface area contributed by atoms with E-state index in [0.717, 1.165) is 0 Å². The maximum Gasteiger partial charge on any atom is 0.319 e. The van der Waals surface area contributed by atoms with Crippen LogP contribution in [0.5, 0.6) is 0 Å². The molecule has 8 nitrogen and oxygen atoms in total. The van der Waals surface area contributed by atoms with Gasteiger partial charge < -0.3 is 19.7 Å². The molecule has 0 heterocycles. The number of carbonyl (C=O) groups is 4. The molecule has 0 aromatic carbocycles. The van der Waals surface area contributed by atoms with Crippen molar-refractivity contribution in [1.82, 2.24) is 0 Å². The Morgan fingerprint density at radius 3 is 1.65 bits per heavy atom. The first kappa shape index (κ1) is 29.4. The molecule has 0 aliphatic carbocycles. The van der Waals surface area contributed by atoms with Crippen molar-refractivity contribution < 1.29 is 38.9 Å². The lowest BCUT2D eigenvalue weighted by Gasteiger charge is -2.05. The van der Waals surface area contributed by atoms with Gasteiger partial charge in [0.2, 0.25) is 0 Å². The van der Waals surface area contributed by atoms with Crippen LogP contribution in [0, 0.1) is 0 Å². The summed E-state index contributed by atoms with van der Waals surface area (Å²) in [6.45, 7) is 0. The zero-order valence-electron chi connectivity index (χ0n) is 11.8. The molecule has 2 N–H and O–H groups in total. The first-order valence-electron chi connectivity index (χ1n) is 5.96. The van der Waals surface area contributed by atoms with Crippen molar-refractivity contribution in [1.29, 1.82) is 0 Å². The molecule has 23 heavy (non-hydrogen) atoms. The molecule has 0 radical (unpaired) electrons. The van der Waals surface area contributed by atoms with Crippen LogP contribution in [0.4, 0.5) is 0 Å². The van der Waals surface area contributed by atoms with Gasteiger partial charge >= 0.3 is 23.9 Å². The van der Waals surface area contributed by atoms with E-state index in [1.54, 1.807) is 0 Å². The van der Waals surface area contributed by atoms with Gasteiger partial charge in [-0.05, 0) is 12.8 Å². The summed E-state index contributed by atoms with van der Waals surface area (Å²) in [5.41, 5.74) is 0. The van der Waals surface area contributed by atoms with Crippen molar-refractivity contribution >= 4 is 39.8 Å². The lowest BCUT2D eigenvalue weighted by Crippen LogP contribution is -2.17. The van der Waals surface area contributed by atoms with E-state index in [1.807, 2.05) is 0 Å². The Balaban J connectivity index is -0.000000149. The van der Waals surface area contributed by atoms with Gasteiger partial charge in [-0.15, -0.1) is 0 Å². The highest BCUT2D eigenvalue weighted by Gasteiger charge is 2.16. The normalized spacial score (nSPS) is 9.70. The fraction of sp³-hybridized carbons (Fsp3) is 0.714. The lowest BCUT2D eigenvalue weighted by atomic mass is 10.2. The third-order valence-corrected chi connectivity index (χ3v) is 2.90. The number of methoxy groups -OCH3 is 2. The maximum atomic E-state index is 10.8. The van der Waals surface area contributed by atoms with Crippen LogP contribution in [0.1, 0.15) is 47.0 Å². The van der Waals surface area contributed by atoms with E-state index in [4.69, 9.17) is 10.2 Å². The van der Waals surface area contributed by atoms with Gasteiger partial charge in [0.05, 0.1) is 14.2 Å². The van der Waals surface area contributed by atoms with Gasteiger partial charge in [-0.1, -0.05) is 30.8 Å². The van der Waals surface area contributed by atoms with Crippen LogP contribution in [0.2, 0.25) is 0 Å². The molecule has 0 saturated carbocycles. The average molecular weight is 403 g/mol. The van der Waals surface area contributed by atoms with Crippen LogP contribution in [0.15, 0.2) is 0 Å². The Hall–Kier alpha value is -1.64. The Bertz CT molecular complexity index is 343. The van der Waals surface area contributed by atoms with E-state index in [9.17, 15) is 19.2 Å². The standard InChI is InChI=1S/C7H11BrO4.C5H8O4.2CH4/c1-11-6(9)4-3-5(8)7(10)12-2;6-4(7)2-1-3-5(8)9;;/h5H,3-4H2,1-2H3;1-3H2,(H,6,7)(H,8,9);2*1H4. The third kappa shape index (κ3) is 22.8. The van der Waals surface area contributed by atoms with E-state index < -0.39 is 16.8 Å². The number of halogens is 1. The molecule has 0 aliphatic heterocycles. The second-order valence-electron chi connectivity index (χ2n) is 3.75. The predicted molar refractivity (Wildman–Crippen MR) is 88.6 cm³/mol. The van der Waals surface area contributed by atoms with Gasteiger partial charge in [0, 0.05) is 19.3 Å². The minimum atomic E-state index is -0.948. The van der Waals surface area contributed by atoms with Crippen LogP contribution in [0.25, 0.3) is 0 Å². The highest BCUT2D eigenvalue weighted by atomic mass is 79.9. The Morgan fingerprint density at radius 1 is 0.913 bits per heavy atom. The monoisotopic (exact) mass is 402 g/mol. The maximum absolute atomic E-state index is 10.8. The minimum absolute atomic E-state index is 0. The van der Waals surface area contributed by atoms with Crippen LogP contribution >= 0.6 is 15.9 Å². The van der Waals surface area contributed by atoms with Crippen LogP contribution < -0.4 is 0 Å². The van der Waals surface area contributed by atoms with Crippen LogP contribution in [0.3, 0.4) is 0 Å². The summed E-state index contributed by atoms with van der Waals surface area (Å²) in [6.07, 6.45) is 0.685. The number of rotatable bonds is 8. The van der Waals surface area contributed by atoms with Gasteiger partial charge in [0.25, 0.3) is 0 Å². The Labute approximate surface area is 145 Å². The molecule has 1 unspecified atom stereocenters. The molecular formula is C14H27BrO8. The summed E-state index contributed by atoms with van der Waals surface area (Å²) in [5, 5.41) is 16.1. The molecule has 138 valence electrons. The zero-order valence-corrected chi connectivity index (χ0v) is 13.4. The van der Waals surface area contributed by atoms with Crippen molar-refractivity contribution in [3.05, 3.63) is 0 Å². The molecule has 0 spiro atoms. The van der Waals surface area contributed by atoms with Crippen molar-refractivity contribution in [2.45, 2.75) is 51.8 Å². The summed E-state index contributed by atoms with van der Waals surface area (Å²) in [7, 11) is 2.61. The molecule has 0 aliphatic rings. The largest absolute Gasteiger partial charge is 0.481 e. The number of hydrogen-bond donors (Lipinski definition) is 2. The summed E-state index contributed by atoms with van der Waals surface area (Å²) >= 11 is 3.08. The number of esters is 2. The van der Waals surface area contributed by atoms with E-state index in [-0.39, 0.29) is 52.5 Å². The Kier molecular flexibility index (Phi) is 23.5. The Morgan fingerprint density at radius 2 is 1.35 bits per heavy atom. The topological polar surface area (TPSA) is 127 Å². The fourth-order valence-electron chi connectivity index (χ4n) is 0.983. The molecule has 0 aromatic rings.